The van der Waals surface area contributed by atoms with E-state index < -0.39 is 6.04 Å². The smallest absolute Gasteiger partial charge is 0.237 e. The predicted molar refractivity (Wildman–Crippen MR) is 53.8 cm³/mol. The van der Waals surface area contributed by atoms with Crippen LogP contribution in [0.2, 0.25) is 0 Å². The van der Waals surface area contributed by atoms with Crippen molar-refractivity contribution in [2.45, 2.75) is 26.3 Å². The molecule has 1 atom stereocenters. The van der Waals surface area contributed by atoms with E-state index in [0.717, 1.165) is 0 Å². The van der Waals surface area contributed by atoms with Gasteiger partial charge in [-0.3, -0.25) is 4.79 Å². The van der Waals surface area contributed by atoms with Crippen molar-refractivity contribution in [2.75, 3.05) is 6.54 Å². The third kappa shape index (κ3) is 3.67. The maximum atomic E-state index is 11.4. The van der Waals surface area contributed by atoms with Crippen molar-refractivity contribution in [3.63, 3.8) is 0 Å². The number of amides is 1. The van der Waals surface area contributed by atoms with Gasteiger partial charge in [0.1, 0.15) is 0 Å². The fourth-order valence-electron chi connectivity index (χ4n) is 1.02. The first-order chi connectivity index (χ1) is 7.11. The molecule has 84 valence electrons. The van der Waals surface area contributed by atoms with Crippen molar-refractivity contribution in [3.05, 3.63) is 12.2 Å². The fraction of sp³-hybridized carbons (Fsp3) is 0.667. The van der Waals surface area contributed by atoms with Gasteiger partial charge in [-0.2, -0.15) is 4.98 Å². The van der Waals surface area contributed by atoms with Gasteiger partial charge >= 0.3 is 0 Å². The Morgan fingerprint density at radius 1 is 1.67 bits per heavy atom. The molecule has 6 nitrogen and oxygen atoms in total. The summed E-state index contributed by atoms with van der Waals surface area (Å²) < 4.78 is 4.78. The van der Waals surface area contributed by atoms with E-state index in [9.17, 15) is 4.79 Å². The molecule has 1 aromatic rings. The van der Waals surface area contributed by atoms with Gasteiger partial charge in [-0.05, 0) is 5.92 Å². The molecule has 1 rings (SSSR count). The van der Waals surface area contributed by atoms with Gasteiger partial charge in [-0.15, -0.1) is 0 Å². The second kappa shape index (κ2) is 5.45. The van der Waals surface area contributed by atoms with Crippen LogP contribution in [0.4, 0.5) is 0 Å². The summed E-state index contributed by atoms with van der Waals surface area (Å²) >= 11 is 0. The predicted octanol–water partition coefficient (Wildman–Crippen LogP) is -0.288. The second-order valence-electron chi connectivity index (χ2n) is 3.65. The van der Waals surface area contributed by atoms with Crippen molar-refractivity contribution < 1.29 is 9.32 Å². The summed E-state index contributed by atoms with van der Waals surface area (Å²) in [4.78, 5) is 15.2. The second-order valence-corrected chi connectivity index (χ2v) is 3.65. The highest BCUT2D eigenvalue weighted by Crippen LogP contribution is 1.98. The first kappa shape index (κ1) is 11.6. The molecule has 0 aliphatic rings. The molecule has 0 spiro atoms. The number of hydrogen-bond acceptors (Lipinski definition) is 5. The summed E-state index contributed by atoms with van der Waals surface area (Å²) in [5, 5.41) is 6.17. The number of nitrogens with one attached hydrogen (secondary N) is 1. The molecule has 0 aliphatic carbocycles. The van der Waals surface area contributed by atoms with Crippen LogP contribution in [0.5, 0.6) is 0 Å². The Morgan fingerprint density at radius 3 is 2.93 bits per heavy atom. The lowest BCUT2D eigenvalue weighted by Gasteiger charge is -2.14. The van der Waals surface area contributed by atoms with Gasteiger partial charge < -0.3 is 15.6 Å². The van der Waals surface area contributed by atoms with Crippen molar-refractivity contribution in [3.8, 4) is 0 Å². The Labute approximate surface area is 88.2 Å². The average molecular weight is 212 g/mol. The van der Waals surface area contributed by atoms with E-state index in [4.69, 9.17) is 10.3 Å². The van der Waals surface area contributed by atoms with Crippen LogP contribution in [-0.2, 0) is 11.2 Å². The third-order valence-electron chi connectivity index (χ3n) is 2.07. The van der Waals surface area contributed by atoms with E-state index in [2.05, 4.69) is 15.5 Å². The molecular formula is C9H16N4O2. The molecule has 1 heterocycles. The minimum Gasteiger partial charge on any atom is -0.354 e. The van der Waals surface area contributed by atoms with Crippen LogP contribution in [0.25, 0.3) is 0 Å². The first-order valence-corrected chi connectivity index (χ1v) is 4.90. The minimum absolute atomic E-state index is 0.133. The molecule has 1 amide bonds. The SMILES string of the molecule is CC(C)C(N)C(=O)NCCc1ncno1. The van der Waals surface area contributed by atoms with E-state index in [-0.39, 0.29) is 11.8 Å². The highest BCUT2D eigenvalue weighted by molar-refractivity contribution is 5.81. The molecule has 0 aromatic carbocycles. The quantitative estimate of drug-likeness (QED) is 0.699. The maximum absolute atomic E-state index is 11.4. The van der Waals surface area contributed by atoms with Crippen LogP contribution in [0, 0.1) is 5.92 Å². The van der Waals surface area contributed by atoms with Crippen LogP contribution < -0.4 is 11.1 Å². The largest absolute Gasteiger partial charge is 0.354 e. The summed E-state index contributed by atoms with van der Waals surface area (Å²) in [6, 6.07) is -0.465. The van der Waals surface area contributed by atoms with Crippen LogP contribution in [0.15, 0.2) is 10.9 Å². The molecule has 3 N–H and O–H groups in total. The van der Waals surface area contributed by atoms with E-state index in [1.807, 2.05) is 13.8 Å². The van der Waals surface area contributed by atoms with Crippen LogP contribution in [-0.4, -0.2) is 28.6 Å². The Hall–Kier alpha value is -1.43. The summed E-state index contributed by atoms with van der Waals surface area (Å²) in [5.41, 5.74) is 5.66. The molecule has 15 heavy (non-hydrogen) atoms. The Bertz CT molecular complexity index is 297. The van der Waals surface area contributed by atoms with Crippen molar-refractivity contribution in [2.24, 2.45) is 11.7 Å². The van der Waals surface area contributed by atoms with E-state index >= 15 is 0 Å². The van der Waals surface area contributed by atoms with Crippen molar-refractivity contribution >= 4 is 5.91 Å². The van der Waals surface area contributed by atoms with Crippen LogP contribution in [0.1, 0.15) is 19.7 Å². The maximum Gasteiger partial charge on any atom is 0.237 e. The van der Waals surface area contributed by atoms with Crippen molar-refractivity contribution in [1.29, 1.82) is 0 Å². The number of nitrogens with two attached hydrogens (primary N) is 1. The van der Waals surface area contributed by atoms with Gasteiger partial charge in [-0.25, -0.2) is 0 Å². The number of nitrogens with zero attached hydrogens (tertiary/aromatic N) is 2. The molecule has 6 heteroatoms. The molecule has 0 aliphatic heterocycles. The minimum atomic E-state index is -0.465. The Morgan fingerprint density at radius 2 is 2.40 bits per heavy atom. The number of aromatic nitrogens is 2. The van der Waals surface area contributed by atoms with Gasteiger partial charge in [0.05, 0.1) is 6.04 Å². The summed E-state index contributed by atoms with van der Waals surface area (Å²) in [5.74, 6) is 0.492. The highest BCUT2D eigenvalue weighted by atomic mass is 16.5. The molecule has 1 aromatic heterocycles. The topological polar surface area (TPSA) is 94.0 Å². The zero-order valence-electron chi connectivity index (χ0n) is 8.93. The number of hydrogen-bond donors (Lipinski definition) is 2. The molecule has 0 radical (unpaired) electrons. The van der Waals surface area contributed by atoms with E-state index in [1.165, 1.54) is 6.33 Å². The van der Waals surface area contributed by atoms with E-state index in [0.29, 0.717) is 18.9 Å². The molecular weight excluding hydrogens is 196 g/mol. The third-order valence-corrected chi connectivity index (χ3v) is 2.07. The van der Waals surface area contributed by atoms with Gasteiger partial charge in [0.15, 0.2) is 6.33 Å². The monoisotopic (exact) mass is 212 g/mol. The Balaban J connectivity index is 2.23. The standard InChI is InChI=1S/C9H16N4O2/c1-6(2)8(10)9(14)11-4-3-7-12-5-13-15-7/h5-6,8H,3-4,10H2,1-2H3,(H,11,14). The van der Waals surface area contributed by atoms with Crippen LogP contribution >= 0.6 is 0 Å². The lowest BCUT2D eigenvalue weighted by atomic mass is 10.1. The van der Waals surface area contributed by atoms with Crippen LogP contribution in [0.3, 0.4) is 0 Å². The van der Waals surface area contributed by atoms with Gasteiger partial charge in [-0.1, -0.05) is 19.0 Å². The molecule has 1 unspecified atom stereocenters. The summed E-state index contributed by atoms with van der Waals surface area (Å²) in [6.45, 7) is 4.27. The average Bonchev–Trinajstić information content (AvgIpc) is 2.69. The van der Waals surface area contributed by atoms with Gasteiger partial charge in [0, 0.05) is 13.0 Å². The van der Waals surface area contributed by atoms with E-state index in [1.54, 1.807) is 0 Å². The highest BCUT2D eigenvalue weighted by Gasteiger charge is 2.16. The molecule has 0 fully saturated rings. The summed E-state index contributed by atoms with van der Waals surface area (Å²) in [7, 11) is 0. The molecule has 0 saturated heterocycles. The zero-order valence-corrected chi connectivity index (χ0v) is 8.93. The van der Waals surface area contributed by atoms with Crippen molar-refractivity contribution in [1.82, 2.24) is 15.5 Å². The fourth-order valence-corrected chi connectivity index (χ4v) is 1.02. The normalized spacial score (nSPS) is 12.8. The number of carbonyl (C=O) groups excluding carboxylic acids is 1. The first-order valence-electron chi connectivity index (χ1n) is 4.90. The number of carbonyl (C=O) groups is 1. The Kier molecular flexibility index (Phi) is 4.23. The molecule has 0 saturated carbocycles. The van der Waals surface area contributed by atoms with Gasteiger partial charge in [0.2, 0.25) is 11.8 Å². The zero-order chi connectivity index (χ0) is 11.3. The lowest BCUT2D eigenvalue weighted by molar-refractivity contribution is -0.123. The summed E-state index contributed by atoms with van der Waals surface area (Å²) in [6.07, 6.45) is 1.85. The van der Waals surface area contributed by atoms with Gasteiger partial charge in [0.25, 0.3) is 0 Å². The molecule has 0 bridgehead atoms. The lowest BCUT2D eigenvalue weighted by Crippen LogP contribution is -2.44. The number of rotatable bonds is 5.